The van der Waals surface area contributed by atoms with E-state index in [2.05, 4.69) is 72.8 Å². The first-order valence-electron chi connectivity index (χ1n) is 7.94. The molecular formula is C19H24N2O. The Balaban J connectivity index is 1.82. The normalized spacial score (nSPS) is 17.1. The Labute approximate surface area is 132 Å². The van der Waals surface area contributed by atoms with Crippen LogP contribution in [0.5, 0.6) is 5.75 Å². The minimum absolute atomic E-state index is 0.382. The number of nitrogens with one attached hydrogen (secondary N) is 1. The lowest BCUT2D eigenvalue weighted by Crippen LogP contribution is -2.32. The van der Waals surface area contributed by atoms with E-state index in [1.807, 2.05) is 0 Å². The molecule has 116 valence electrons. The summed E-state index contributed by atoms with van der Waals surface area (Å²) in [6.07, 6.45) is 1.03. The van der Waals surface area contributed by atoms with Crippen LogP contribution in [0, 0.1) is 0 Å². The first-order valence-corrected chi connectivity index (χ1v) is 7.94. The summed E-state index contributed by atoms with van der Waals surface area (Å²) in [7, 11) is 4.21. The number of ether oxygens (including phenoxy) is 1. The average molecular weight is 296 g/mol. The molecule has 3 heteroatoms. The van der Waals surface area contributed by atoms with Crippen molar-refractivity contribution in [3.63, 3.8) is 0 Å². The lowest BCUT2D eigenvalue weighted by molar-refractivity contribution is 0.249. The van der Waals surface area contributed by atoms with E-state index in [0.29, 0.717) is 6.04 Å². The molecule has 0 aliphatic carbocycles. The summed E-state index contributed by atoms with van der Waals surface area (Å²) in [6, 6.07) is 17.4. The lowest BCUT2D eigenvalue weighted by Gasteiger charge is -2.28. The third-order valence-electron chi connectivity index (χ3n) is 4.11. The molecule has 0 radical (unpaired) electrons. The van der Waals surface area contributed by atoms with Gasteiger partial charge in [0.05, 0.1) is 6.61 Å². The highest BCUT2D eigenvalue weighted by Crippen LogP contribution is 2.35. The maximum atomic E-state index is 5.82. The summed E-state index contributed by atoms with van der Waals surface area (Å²) < 4.78 is 5.82. The molecule has 2 aromatic rings. The fraction of sp³-hybridized carbons (Fsp3) is 0.368. The van der Waals surface area contributed by atoms with E-state index >= 15 is 0 Å². The van der Waals surface area contributed by atoms with E-state index in [0.717, 1.165) is 31.9 Å². The molecule has 0 fully saturated rings. The molecule has 1 atom stereocenters. The highest BCUT2D eigenvalue weighted by molar-refractivity contribution is 5.66. The third kappa shape index (κ3) is 3.49. The predicted molar refractivity (Wildman–Crippen MR) is 91.3 cm³/mol. The number of likely N-dealkylation sites (N-methyl/N-ethyl adjacent to an activating group) is 1. The van der Waals surface area contributed by atoms with Gasteiger partial charge in [0.25, 0.3) is 0 Å². The standard InChI is InChI=1S/C19H24N2O/c1-21(2)12-11-20-18-10-13-22-19-9-8-16(14-17(18)19)15-6-4-3-5-7-15/h3-9,14,18,20H,10-13H2,1-2H3/t18-/m0/s1. The fourth-order valence-corrected chi connectivity index (χ4v) is 2.88. The molecule has 1 N–H and O–H groups in total. The van der Waals surface area contributed by atoms with E-state index in [1.165, 1.54) is 16.7 Å². The van der Waals surface area contributed by atoms with Crippen molar-refractivity contribution >= 4 is 0 Å². The van der Waals surface area contributed by atoms with Crippen molar-refractivity contribution < 1.29 is 4.74 Å². The minimum Gasteiger partial charge on any atom is -0.493 e. The van der Waals surface area contributed by atoms with Gasteiger partial charge in [0.1, 0.15) is 5.75 Å². The van der Waals surface area contributed by atoms with Gasteiger partial charge in [0.2, 0.25) is 0 Å². The Kier molecular flexibility index (Phi) is 4.76. The highest BCUT2D eigenvalue weighted by atomic mass is 16.5. The van der Waals surface area contributed by atoms with Gasteiger partial charge in [0.15, 0.2) is 0 Å². The maximum Gasteiger partial charge on any atom is 0.124 e. The summed E-state index contributed by atoms with van der Waals surface area (Å²) in [5.41, 5.74) is 3.79. The molecule has 2 aromatic carbocycles. The Bertz CT molecular complexity index is 610. The van der Waals surface area contributed by atoms with Crippen LogP contribution in [-0.2, 0) is 0 Å². The van der Waals surface area contributed by atoms with E-state index in [1.54, 1.807) is 0 Å². The van der Waals surface area contributed by atoms with E-state index in [9.17, 15) is 0 Å². The van der Waals surface area contributed by atoms with E-state index in [-0.39, 0.29) is 0 Å². The highest BCUT2D eigenvalue weighted by Gasteiger charge is 2.21. The van der Waals surface area contributed by atoms with Gasteiger partial charge in [-0.2, -0.15) is 0 Å². The van der Waals surface area contributed by atoms with Crippen molar-refractivity contribution in [1.82, 2.24) is 10.2 Å². The quantitative estimate of drug-likeness (QED) is 0.916. The zero-order valence-corrected chi connectivity index (χ0v) is 13.4. The second-order valence-electron chi connectivity index (χ2n) is 6.07. The number of rotatable bonds is 5. The third-order valence-corrected chi connectivity index (χ3v) is 4.11. The van der Waals surface area contributed by atoms with Crippen LogP contribution < -0.4 is 10.1 Å². The fourth-order valence-electron chi connectivity index (χ4n) is 2.88. The van der Waals surface area contributed by atoms with Gasteiger partial charge in [-0.15, -0.1) is 0 Å². The second-order valence-corrected chi connectivity index (χ2v) is 6.07. The van der Waals surface area contributed by atoms with E-state index < -0.39 is 0 Å². The number of hydrogen-bond donors (Lipinski definition) is 1. The molecule has 0 saturated heterocycles. The Morgan fingerprint density at radius 3 is 2.68 bits per heavy atom. The van der Waals surface area contributed by atoms with Gasteiger partial charge in [-0.25, -0.2) is 0 Å². The first kappa shape index (κ1) is 15.1. The van der Waals surface area contributed by atoms with Gasteiger partial charge >= 0.3 is 0 Å². The van der Waals surface area contributed by atoms with Gasteiger partial charge in [-0.3, -0.25) is 0 Å². The van der Waals surface area contributed by atoms with Crippen molar-refractivity contribution in [3.8, 4) is 16.9 Å². The molecular weight excluding hydrogens is 272 g/mol. The van der Waals surface area contributed by atoms with Crippen molar-refractivity contribution in [2.24, 2.45) is 0 Å². The van der Waals surface area contributed by atoms with Crippen molar-refractivity contribution in [2.75, 3.05) is 33.8 Å². The van der Waals surface area contributed by atoms with Gasteiger partial charge < -0.3 is 15.0 Å². The second kappa shape index (κ2) is 6.95. The Morgan fingerprint density at radius 2 is 1.91 bits per heavy atom. The van der Waals surface area contributed by atoms with Crippen LogP contribution in [0.3, 0.4) is 0 Å². The minimum atomic E-state index is 0.382. The predicted octanol–water partition coefficient (Wildman–Crippen LogP) is 3.33. The lowest BCUT2D eigenvalue weighted by atomic mass is 9.95. The number of fused-ring (bicyclic) bond motifs is 1. The molecule has 22 heavy (non-hydrogen) atoms. The summed E-state index contributed by atoms with van der Waals surface area (Å²) in [4.78, 5) is 2.20. The Morgan fingerprint density at radius 1 is 1.09 bits per heavy atom. The molecule has 0 saturated carbocycles. The van der Waals surface area contributed by atoms with Gasteiger partial charge in [-0.05, 0) is 37.4 Å². The van der Waals surface area contributed by atoms with Crippen LogP contribution in [0.15, 0.2) is 48.5 Å². The Hall–Kier alpha value is -1.84. The largest absolute Gasteiger partial charge is 0.493 e. The topological polar surface area (TPSA) is 24.5 Å². The summed E-state index contributed by atoms with van der Waals surface area (Å²) in [5.74, 6) is 1.02. The van der Waals surface area contributed by atoms with Crippen LogP contribution in [0.25, 0.3) is 11.1 Å². The maximum absolute atomic E-state index is 5.82. The van der Waals surface area contributed by atoms with Crippen molar-refractivity contribution in [3.05, 3.63) is 54.1 Å². The summed E-state index contributed by atoms with van der Waals surface area (Å²) in [6.45, 7) is 2.83. The van der Waals surface area contributed by atoms with Crippen LogP contribution in [-0.4, -0.2) is 38.7 Å². The molecule has 1 heterocycles. The molecule has 0 unspecified atom stereocenters. The van der Waals surface area contributed by atoms with Crippen LogP contribution in [0.1, 0.15) is 18.0 Å². The van der Waals surface area contributed by atoms with Crippen molar-refractivity contribution in [2.45, 2.75) is 12.5 Å². The van der Waals surface area contributed by atoms with E-state index in [4.69, 9.17) is 4.74 Å². The first-order chi connectivity index (χ1) is 10.7. The molecule has 3 nitrogen and oxygen atoms in total. The van der Waals surface area contributed by atoms with Gasteiger partial charge in [0, 0.05) is 31.1 Å². The average Bonchev–Trinajstić information content (AvgIpc) is 2.55. The molecule has 0 aromatic heterocycles. The van der Waals surface area contributed by atoms with Crippen LogP contribution >= 0.6 is 0 Å². The van der Waals surface area contributed by atoms with Gasteiger partial charge in [-0.1, -0.05) is 36.4 Å². The monoisotopic (exact) mass is 296 g/mol. The van der Waals surface area contributed by atoms with Crippen LogP contribution in [0.2, 0.25) is 0 Å². The molecule has 1 aliphatic rings. The smallest absolute Gasteiger partial charge is 0.124 e. The molecule has 0 spiro atoms. The zero-order valence-electron chi connectivity index (χ0n) is 13.4. The number of nitrogens with zero attached hydrogens (tertiary/aromatic N) is 1. The van der Waals surface area contributed by atoms with Crippen molar-refractivity contribution in [1.29, 1.82) is 0 Å². The number of benzene rings is 2. The summed E-state index contributed by atoms with van der Waals surface area (Å²) in [5, 5.41) is 3.67. The molecule has 0 bridgehead atoms. The molecule has 1 aliphatic heterocycles. The molecule has 0 amide bonds. The summed E-state index contributed by atoms with van der Waals surface area (Å²) >= 11 is 0. The van der Waals surface area contributed by atoms with Crippen LogP contribution in [0.4, 0.5) is 0 Å². The molecule has 3 rings (SSSR count). The number of hydrogen-bond acceptors (Lipinski definition) is 3. The zero-order chi connectivity index (χ0) is 15.4. The SMILES string of the molecule is CN(C)CCN[C@H]1CCOc2ccc(-c3ccccc3)cc21.